The van der Waals surface area contributed by atoms with Gasteiger partial charge in [0.15, 0.2) is 12.4 Å². The van der Waals surface area contributed by atoms with Gasteiger partial charge in [-0.25, -0.2) is 0 Å². The van der Waals surface area contributed by atoms with Crippen LogP contribution in [-0.4, -0.2) is 65.1 Å². The van der Waals surface area contributed by atoms with Crippen LogP contribution in [0.4, 0.5) is 0 Å². The van der Waals surface area contributed by atoms with Crippen molar-refractivity contribution in [2.24, 2.45) is 0 Å². The summed E-state index contributed by atoms with van der Waals surface area (Å²) in [5, 5.41) is 30.1. The van der Waals surface area contributed by atoms with Gasteiger partial charge in [-0.15, -0.1) is 0 Å². The number of hydrogen-bond acceptors (Lipinski definition) is 7. The van der Waals surface area contributed by atoms with E-state index < -0.39 is 36.9 Å². The number of ether oxygens (including phenoxy) is 1. The number of nitrogens with one attached hydrogen (secondary N) is 1. The largest absolute Gasteiger partial charge is 0.451 e. The summed E-state index contributed by atoms with van der Waals surface area (Å²) in [5.41, 5.74) is 0. The zero-order valence-corrected chi connectivity index (χ0v) is 9.28. The van der Waals surface area contributed by atoms with Crippen LogP contribution in [0.3, 0.4) is 0 Å². The Balaban J connectivity index is 2.50. The van der Waals surface area contributed by atoms with E-state index in [1.807, 2.05) is 0 Å². The average Bonchev–Trinajstić information content (AvgIpc) is 2.87. The molecule has 98 valence electrons. The Labute approximate surface area is 98.4 Å². The maximum absolute atomic E-state index is 11.5. The van der Waals surface area contributed by atoms with E-state index in [0.29, 0.717) is 13.0 Å². The molecule has 17 heavy (non-hydrogen) atoms. The van der Waals surface area contributed by atoms with Crippen LogP contribution in [0, 0.1) is 0 Å². The molecule has 1 rings (SSSR count). The molecule has 0 aromatic heterocycles. The summed E-state index contributed by atoms with van der Waals surface area (Å²) in [5.74, 6) is -0.635. The normalized spacial score (nSPS) is 25.0. The Hall–Kier alpha value is -1.02. The predicted octanol–water partition coefficient (Wildman–Crippen LogP) is -2.44. The van der Waals surface area contributed by atoms with Gasteiger partial charge < -0.3 is 25.4 Å². The average molecular weight is 247 g/mol. The molecule has 4 atom stereocenters. The minimum Gasteiger partial charge on any atom is -0.451 e. The molecule has 0 saturated carbocycles. The third-order valence-corrected chi connectivity index (χ3v) is 2.65. The lowest BCUT2D eigenvalue weighted by molar-refractivity contribution is -0.165. The summed E-state index contributed by atoms with van der Waals surface area (Å²) in [7, 11) is 0. The van der Waals surface area contributed by atoms with E-state index in [1.54, 1.807) is 0 Å². The highest BCUT2D eigenvalue weighted by Crippen LogP contribution is 2.10. The highest BCUT2D eigenvalue weighted by atomic mass is 16.6. The number of esters is 1. The van der Waals surface area contributed by atoms with Gasteiger partial charge >= 0.3 is 5.97 Å². The predicted molar refractivity (Wildman–Crippen MR) is 56.1 cm³/mol. The standard InChI is InChI=1S/C10H17NO6/c12-4-7(14)9(15)8(5-13)17-10(16)6-2-1-3-11-6/h5-9,11-12,14-15H,1-4H2/t6-,7+,8-,9+/m0/s1. The molecule has 0 aromatic rings. The number of aldehydes is 1. The maximum atomic E-state index is 11.5. The molecule has 1 aliphatic heterocycles. The molecule has 1 saturated heterocycles. The quantitative estimate of drug-likeness (QED) is 0.304. The lowest BCUT2D eigenvalue weighted by Gasteiger charge is -2.22. The van der Waals surface area contributed by atoms with E-state index in [-0.39, 0.29) is 6.29 Å². The van der Waals surface area contributed by atoms with Gasteiger partial charge in [0.05, 0.1) is 6.61 Å². The van der Waals surface area contributed by atoms with Crippen LogP contribution in [0.25, 0.3) is 0 Å². The highest BCUT2D eigenvalue weighted by molar-refractivity contribution is 5.78. The van der Waals surface area contributed by atoms with Crippen molar-refractivity contribution in [1.29, 1.82) is 0 Å². The van der Waals surface area contributed by atoms with Crippen molar-refractivity contribution in [1.82, 2.24) is 5.32 Å². The van der Waals surface area contributed by atoms with Gasteiger partial charge in [-0.1, -0.05) is 0 Å². The Kier molecular flexibility index (Phi) is 5.49. The first kappa shape index (κ1) is 14.0. The molecule has 0 amide bonds. The van der Waals surface area contributed by atoms with E-state index >= 15 is 0 Å². The van der Waals surface area contributed by atoms with Gasteiger partial charge in [0.2, 0.25) is 0 Å². The van der Waals surface area contributed by atoms with Crippen LogP contribution >= 0.6 is 0 Å². The van der Waals surface area contributed by atoms with Crippen LogP contribution in [0.15, 0.2) is 0 Å². The van der Waals surface area contributed by atoms with Crippen molar-refractivity contribution in [3.63, 3.8) is 0 Å². The summed E-state index contributed by atoms with van der Waals surface area (Å²) in [6.45, 7) is -0.0158. The number of hydrogen-bond donors (Lipinski definition) is 4. The lowest BCUT2D eigenvalue weighted by atomic mass is 10.1. The van der Waals surface area contributed by atoms with E-state index in [2.05, 4.69) is 5.32 Å². The van der Waals surface area contributed by atoms with Gasteiger partial charge in [-0.05, 0) is 19.4 Å². The molecule has 0 bridgehead atoms. The molecule has 1 aliphatic rings. The second kappa shape index (κ2) is 6.65. The first-order valence-electron chi connectivity index (χ1n) is 5.46. The lowest BCUT2D eigenvalue weighted by Crippen LogP contribution is -2.45. The number of carbonyl (C=O) groups is 2. The molecule has 4 N–H and O–H groups in total. The Bertz CT molecular complexity index is 266. The topological polar surface area (TPSA) is 116 Å². The van der Waals surface area contributed by atoms with E-state index in [1.165, 1.54) is 0 Å². The molecule has 7 heteroatoms. The van der Waals surface area contributed by atoms with Gasteiger partial charge in [0, 0.05) is 0 Å². The molecule has 0 aliphatic carbocycles. The monoisotopic (exact) mass is 247 g/mol. The van der Waals surface area contributed by atoms with Gasteiger partial charge in [-0.2, -0.15) is 0 Å². The van der Waals surface area contributed by atoms with Crippen LogP contribution < -0.4 is 5.32 Å². The van der Waals surface area contributed by atoms with Crippen molar-refractivity contribution in [2.45, 2.75) is 37.2 Å². The van der Waals surface area contributed by atoms with Gasteiger partial charge in [0.1, 0.15) is 18.2 Å². The molecule has 0 radical (unpaired) electrons. The van der Waals surface area contributed by atoms with Gasteiger partial charge in [-0.3, -0.25) is 9.59 Å². The number of aliphatic hydroxyl groups excluding tert-OH is 3. The van der Waals surface area contributed by atoms with E-state index in [0.717, 1.165) is 6.42 Å². The summed E-state index contributed by atoms with van der Waals surface area (Å²) in [6, 6.07) is -0.476. The third-order valence-electron chi connectivity index (χ3n) is 2.65. The van der Waals surface area contributed by atoms with Crippen LogP contribution in [-0.2, 0) is 14.3 Å². The van der Waals surface area contributed by atoms with Crippen molar-refractivity contribution in [3.05, 3.63) is 0 Å². The second-order valence-corrected chi connectivity index (χ2v) is 3.93. The fourth-order valence-electron chi connectivity index (χ4n) is 1.61. The Morgan fingerprint density at radius 3 is 2.71 bits per heavy atom. The number of carbonyl (C=O) groups excluding carboxylic acids is 2. The molecule has 1 heterocycles. The Morgan fingerprint density at radius 2 is 2.24 bits per heavy atom. The summed E-state index contributed by atoms with van der Waals surface area (Å²) >= 11 is 0. The number of rotatable bonds is 6. The number of aliphatic hydroxyl groups is 3. The fourth-order valence-corrected chi connectivity index (χ4v) is 1.61. The zero-order valence-electron chi connectivity index (χ0n) is 9.28. The third kappa shape index (κ3) is 3.74. The second-order valence-electron chi connectivity index (χ2n) is 3.93. The molecule has 0 unspecified atom stereocenters. The summed E-state index contributed by atoms with van der Waals surface area (Å²) < 4.78 is 4.78. The van der Waals surface area contributed by atoms with E-state index in [4.69, 9.17) is 14.9 Å². The van der Waals surface area contributed by atoms with Crippen LogP contribution in [0.5, 0.6) is 0 Å². The smallest absolute Gasteiger partial charge is 0.323 e. The van der Waals surface area contributed by atoms with Crippen molar-refractivity contribution in [3.8, 4) is 0 Å². The zero-order chi connectivity index (χ0) is 12.8. The molecular formula is C10H17NO6. The van der Waals surface area contributed by atoms with Crippen LogP contribution in [0.2, 0.25) is 0 Å². The molecule has 1 fully saturated rings. The van der Waals surface area contributed by atoms with Crippen molar-refractivity contribution >= 4 is 12.3 Å². The Morgan fingerprint density at radius 1 is 1.53 bits per heavy atom. The highest BCUT2D eigenvalue weighted by Gasteiger charge is 2.32. The summed E-state index contributed by atoms with van der Waals surface area (Å²) in [4.78, 5) is 22.2. The minimum absolute atomic E-state index is 0.233. The first-order valence-corrected chi connectivity index (χ1v) is 5.46. The molecule has 0 aromatic carbocycles. The van der Waals surface area contributed by atoms with Gasteiger partial charge in [0.25, 0.3) is 0 Å². The fraction of sp³-hybridized carbons (Fsp3) is 0.800. The molecular weight excluding hydrogens is 230 g/mol. The minimum atomic E-state index is -1.62. The van der Waals surface area contributed by atoms with Crippen molar-refractivity contribution in [2.75, 3.05) is 13.2 Å². The van der Waals surface area contributed by atoms with E-state index in [9.17, 15) is 14.7 Å². The summed E-state index contributed by atoms with van der Waals surface area (Å²) in [6.07, 6.45) is -2.92. The maximum Gasteiger partial charge on any atom is 0.323 e. The van der Waals surface area contributed by atoms with Crippen molar-refractivity contribution < 1.29 is 29.6 Å². The molecule has 0 spiro atoms. The van der Waals surface area contributed by atoms with Crippen LogP contribution in [0.1, 0.15) is 12.8 Å². The molecule has 7 nitrogen and oxygen atoms in total. The first-order chi connectivity index (χ1) is 8.10. The SMILES string of the molecule is O=C[C@H](OC(=O)[C@@H]1CCCN1)[C@H](O)[C@H](O)CO.